The molecule has 1 atom stereocenters. The zero-order valence-corrected chi connectivity index (χ0v) is 20.6. The maximum absolute atomic E-state index is 13.5. The maximum Gasteiger partial charge on any atom is 0.416 e. The summed E-state index contributed by atoms with van der Waals surface area (Å²) in [5.41, 5.74) is 3.38. The third kappa shape index (κ3) is 4.47. The number of ether oxygens (including phenoxy) is 1. The number of anilines is 1. The van der Waals surface area contributed by atoms with Gasteiger partial charge >= 0.3 is 12.3 Å². The highest BCUT2D eigenvalue weighted by atomic mass is 19.4. The highest BCUT2D eigenvalue weighted by Crippen LogP contribution is 2.37. The molecule has 0 saturated carbocycles. The Morgan fingerprint density at radius 3 is 2.59 bits per heavy atom. The Morgan fingerprint density at radius 1 is 1.14 bits per heavy atom. The van der Waals surface area contributed by atoms with E-state index in [9.17, 15) is 18.0 Å². The Morgan fingerprint density at radius 2 is 1.89 bits per heavy atom. The number of halogens is 3. The largest absolute Gasteiger partial charge is 0.450 e. The first-order valence-corrected chi connectivity index (χ1v) is 12.0. The molecule has 0 spiro atoms. The van der Waals surface area contributed by atoms with E-state index in [2.05, 4.69) is 10.3 Å². The lowest BCUT2D eigenvalue weighted by molar-refractivity contribution is -0.138. The topological polar surface area (TPSA) is 71.8 Å². The highest BCUT2D eigenvalue weighted by Gasteiger charge is 2.34. The van der Waals surface area contributed by atoms with Crippen molar-refractivity contribution in [3.63, 3.8) is 0 Å². The minimum absolute atomic E-state index is 0.160. The molecule has 2 aromatic heterocycles. The normalized spacial score (nSPS) is 14.1. The summed E-state index contributed by atoms with van der Waals surface area (Å²) in [5, 5.41) is 3.30. The summed E-state index contributed by atoms with van der Waals surface area (Å²) >= 11 is 0. The van der Waals surface area contributed by atoms with Crippen LogP contribution < -0.4 is 5.32 Å². The van der Waals surface area contributed by atoms with Gasteiger partial charge in [-0.15, -0.1) is 0 Å². The van der Waals surface area contributed by atoms with Crippen molar-refractivity contribution in [2.45, 2.75) is 46.1 Å². The van der Waals surface area contributed by atoms with Crippen molar-refractivity contribution in [3.05, 3.63) is 82.7 Å². The first kappa shape index (κ1) is 24.6. The number of carbonyl (C=O) groups is 1. The fourth-order valence-electron chi connectivity index (χ4n) is 4.87. The Labute approximate surface area is 211 Å². The second kappa shape index (κ2) is 9.42. The van der Waals surface area contributed by atoms with E-state index in [0.29, 0.717) is 17.2 Å². The number of aromatic nitrogens is 3. The number of fused-ring (bicyclic) bond motifs is 3. The number of carbonyl (C=O) groups excluding carboxylic acids is 1. The predicted octanol–water partition coefficient (Wildman–Crippen LogP) is 6.37. The summed E-state index contributed by atoms with van der Waals surface area (Å²) < 4.78 is 47.7. The molecule has 0 saturated heterocycles. The minimum atomic E-state index is -4.44. The van der Waals surface area contributed by atoms with Crippen LogP contribution in [0.15, 0.2) is 54.7 Å². The molecule has 3 heterocycles. The molecule has 192 valence electrons. The molecular formula is C27H26F3N5O2. The van der Waals surface area contributed by atoms with Crippen molar-refractivity contribution in [2.24, 2.45) is 0 Å². The van der Waals surface area contributed by atoms with Crippen LogP contribution in [0, 0.1) is 6.92 Å². The van der Waals surface area contributed by atoms with Crippen LogP contribution in [0.3, 0.4) is 0 Å². The number of nitrogens with zero attached hydrogens (tertiary/aromatic N) is 4. The zero-order chi connectivity index (χ0) is 26.3. The monoisotopic (exact) mass is 509 g/mol. The number of alkyl halides is 3. The van der Waals surface area contributed by atoms with Crippen molar-refractivity contribution in [2.75, 3.05) is 11.9 Å². The lowest BCUT2D eigenvalue weighted by Gasteiger charge is -2.21. The third-order valence-corrected chi connectivity index (χ3v) is 6.65. The van der Waals surface area contributed by atoms with Crippen LogP contribution >= 0.6 is 0 Å². The molecule has 0 aliphatic carbocycles. The van der Waals surface area contributed by atoms with Crippen molar-refractivity contribution in [3.8, 4) is 11.3 Å². The number of imidazole rings is 1. The van der Waals surface area contributed by atoms with Gasteiger partial charge in [0.25, 0.3) is 0 Å². The number of rotatable bonds is 5. The quantitative estimate of drug-likeness (QED) is 0.339. The van der Waals surface area contributed by atoms with Crippen molar-refractivity contribution < 1.29 is 22.7 Å². The van der Waals surface area contributed by atoms with Crippen LogP contribution in [0.2, 0.25) is 0 Å². The van der Waals surface area contributed by atoms with E-state index >= 15 is 0 Å². The van der Waals surface area contributed by atoms with Crippen molar-refractivity contribution in [1.82, 2.24) is 19.3 Å². The summed E-state index contributed by atoms with van der Waals surface area (Å²) in [6.07, 6.45) is -3.15. The van der Waals surface area contributed by atoms with Gasteiger partial charge in [-0.3, -0.25) is 9.30 Å². The molecule has 7 nitrogen and oxygen atoms in total. The molecule has 1 unspecified atom stereocenters. The molecule has 5 rings (SSSR count). The Hall–Kier alpha value is -4.08. The van der Waals surface area contributed by atoms with Crippen LogP contribution in [-0.2, 0) is 24.0 Å². The summed E-state index contributed by atoms with van der Waals surface area (Å²) in [7, 11) is 0. The maximum atomic E-state index is 13.5. The van der Waals surface area contributed by atoms with Gasteiger partial charge in [-0.1, -0.05) is 42.5 Å². The summed E-state index contributed by atoms with van der Waals surface area (Å²) in [6, 6.07) is 13.4. The van der Waals surface area contributed by atoms with E-state index in [4.69, 9.17) is 9.72 Å². The van der Waals surface area contributed by atoms with Gasteiger partial charge in [0.15, 0.2) is 0 Å². The lowest BCUT2D eigenvalue weighted by atomic mass is 9.97. The minimum Gasteiger partial charge on any atom is -0.450 e. The van der Waals surface area contributed by atoms with E-state index in [-0.39, 0.29) is 25.3 Å². The predicted molar refractivity (Wildman–Crippen MR) is 133 cm³/mol. The first-order valence-electron chi connectivity index (χ1n) is 12.0. The molecular weight excluding hydrogens is 483 g/mol. The van der Waals surface area contributed by atoms with Gasteiger partial charge in [0.05, 0.1) is 48.9 Å². The number of benzene rings is 2. The lowest BCUT2D eigenvalue weighted by Crippen LogP contribution is -2.26. The molecule has 4 aromatic rings. The first-order chi connectivity index (χ1) is 17.7. The molecule has 1 aliphatic rings. The summed E-state index contributed by atoms with van der Waals surface area (Å²) in [5.74, 6) is 0.905. The Kier molecular flexibility index (Phi) is 6.26. The van der Waals surface area contributed by atoms with Crippen LogP contribution in [0.5, 0.6) is 0 Å². The van der Waals surface area contributed by atoms with E-state index < -0.39 is 23.9 Å². The van der Waals surface area contributed by atoms with Crippen LogP contribution in [-0.4, -0.2) is 32.0 Å². The Bertz CT molecular complexity index is 1470. The van der Waals surface area contributed by atoms with Gasteiger partial charge in [-0.25, -0.2) is 9.78 Å². The van der Waals surface area contributed by atoms with Gasteiger partial charge in [-0.2, -0.15) is 18.2 Å². The van der Waals surface area contributed by atoms with Crippen LogP contribution in [0.25, 0.3) is 17.0 Å². The number of amides is 1. The van der Waals surface area contributed by atoms with E-state index in [1.165, 1.54) is 13.0 Å². The number of nitrogens with one attached hydrogen (secondary N) is 1. The van der Waals surface area contributed by atoms with Crippen molar-refractivity contribution in [1.29, 1.82) is 0 Å². The summed E-state index contributed by atoms with van der Waals surface area (Å²) in [4.78, 5) is 23.4. The van der Waals surface area contributed by atoms with E-state index in [1.54, 1.807) is 31.0 Å². The fourth-order valence-corrected chi connectivity index (χ4v) is 4.87. The van der Waals surface area contributed by atoms with Crippen LogP contribution in [0.4, 0.5) is 23.8 Å². The van der Waals surface area contributed by atoms with Gasteiger partial charge in [0, 0.05) is 11.1 Å². The third-order valence-electron chi connectivity index (χ3n) is 6.65. The zero-order valence-electron chi connectivity index (χ0n) is 20.6. The Balaban J connectivity index is 1.59. The standard InChI is InChI=1S/C27H26F3N5O2/c1-4-37-26(36)34-14-20-23(15-34)35-22(18-9-6-5-7-10-18)13-31-25(35)33-24(20)32-17(3)19-11-8-12-21(16(19)2)27(28,29)30/h5-13,17H,4,14-15H2,1-3H3,(H,31,32,33). The number of hydrogen-bond donors (Lipinski definition) is 1. The molecule has 1 aliphatic heterocycles. The average molecular weight is 510 g/mol. The molecule has 0 bridgehead atoms. The molecule has 37 heavy (non-hydrogen) atoms. The van der Waals surface area contributed by atoms with Gasteiger partial charge < -0.3 is 10.1 Å². The molecule has 1 N–H and O–H groups in total. The van der Waals surface area contributed by atoms with Gasteiger partial charge in [-0.05, 0) is 38.0 Å². The molecule has 0 radical (unpaired) electrons. The fraction of sp³-hybridized carbons (Fsp3) is 0.296. The SMILES string of the molecule is CCOC(=O)N1Cc2c(NC(C)c3cccc(C(F)(F)F)c3C)nc3ncc(-c4ccccc4)n3c2C1. The smallest absolute Gasteiger partial charge is 0.416 e. The number of hydrogen-bond acceptors (Lipinski definition) is 5. The second-order valence-electron chi connectivity index (χ2n) is 8.97. The second-order valence-corrected chi connectivity index (χ2v) is 8.97. The highest BCUT2D eigenvalue weighted by molar-refractivity contribution is 5.71. The average Bonchev–Trinajstić information content (AvgIpc) is 3.49. The molecule has 2 aromatic carbocycles. The van der Waals surface area contributed by atoms with E-state index in [0.717, 1.165) is 28.6 Å². The van der Waals surface area contributed by atoms with Gasteiger partial charge in [0.1, 0.15) is 5.82 Å². The summed E-state index contributed by atoms with van der Waals surface area (Å²) in [6.45, 7) is 5.79. The van der Waals surface area contributed by atoms with Crippen molar-refractivity contribution >= 4 is 17.7 Å². The molecule has 1 amide bonds. The molecule has 0 fully saturated rings. The molecule has 10 heteroatoms. The van der Waals surface area contributed by atoms with Gasteiger partial charge in [0.2, 0.25) is 5.78 Å². The van der Waals surface area contributed by atoms with E-state index in [1.807, 2.05) is 34.7 Å². The van der Waals surface area contributed by atoms with Crippen LogP contribution in [0.1, 0.15) is 47.8 Å².